The van der Waals surface area contributed by atoms with E-state index in [9.17, 15) is 0 Å². The normalized spacial score (nSPS) is 11.2. The molecule has 104 valence electrons. The van der Waals surface area contributed by atoms with E-state index in [1.165, 1.54) is 0 Å². The molecule has 0 amide bonds. The Kier molecular flexibility index (Phi) is 4.04. The van der Waals surface area contributed by atoms with Crippen LogP contribution in [0.3, 0.4) is 0 Å². The Morgan fingerprint density at radius 3 is 3.05 bits per heavy atom. The maximum atomic E-state index is 6.14. The predicted molar refractivity (Wildman–Crippen MR) is 79.8 cm³/mol. The fourth-order valence-electron chi connectivity index (χ4n) is 2.26. The smallest absolute Gasteiger partial charge is 0.199 e. The fraction of sp³-hybridized carbons (Fsp3) is 0.267. The number of benzene rings is 1. The molecule has 0 aliphatic rings. The first-order valence-corrected chi connectivity index (χ1v) is 7.07. The zero-order valence-electron chi connectivity index (χ0n) is 11.0. The van der Waals surface area contributed by atoms with Crippen LogP contribution in [-0.4, -0.2) is 16.5 Å². The lowest BCUT2D eigenvalue weighted by molar-refractivity contribution is 0.598. The molecule has 5 heteroatoms. The summed E-state index contributed by atoms with van der Waals surface area (Å²) < 4.78 is 5.53. The quantitative estimate of drug-likeness (QED) is 0.683. The standard InChI is InChI=1S/C15H16ClN3O/c16-15-12(11-4-1-2-5-13(11)20-15)10-17-7-3-6-14-18-8-9-19-14/h1-2,4-5,8-9,17H,3,6-7,10H2,(H,18,19). The molecule has 0 fully saturated rings. The highest BCUT2D eigenvalue weighted by Gasteiger charge is 2.11. The van der Waals surface area contributed by atoms with Crippen LogP contribution < -0.4 is 5.32 Å². The van der Waals surface area contributed by atoms with Crippen molar-refractivity contribution in [1.82, 2.24) is 15.3 Å². The molecule has 4 nitrogen and oxygen atoms in total. The van der Waals surface area contributed by atoms with Crippen molar-refractivity contribution in [2.75, 3.05) is 6.54 Å². The summed E-state index contributed by atoms with van der Waals surface area (Å²) in [5.41, 5.74) is 1.87. The zero-order valence-corrected chi connectivity index (χ0v) is 11.8. The Balaban J connectivity index is 1.53. The molecule has 0 aliphatic heterocycles. The highest BCUT2D eigenvalue weighted by Crippen LogP contribution is 2.29. The molecule has 0 radical (unpaired) electrons. The van der Waals surface area contributed by atoms with Crippen LogP contribution in [0.25, 0.3) is 11.0 Å². The van der Waals surface area contributed by atoms with E-state index < -0.39 is 0 Å². The van der Waals surface area contributed by atoms with Crippen molar-refractivity contribution < 1.29 is 4.42 Å². The maximum absolute atomic E-state index is 6.14. The number of H-pyrrole nitrogens is 1. The van der Waals surface area contributed by atoms with E-state index in [0.717, 1.165) is 41.7 Å². The summed E-state index contributed by atoms with van der Waals surface area (Å²) in [7, 11) is 0. The number of aromatic amines is 1. The molecule has 2 aromatic heterocycles. The summed E-state index contributed by atoms with van der Waals surface area (Å²) >= 11 is 6.14. The fourth-order valence-corrected chi connectivity index (χ4v) is 2.51. The van der Waals surface area contributed by atoms with E-state index in [0.29, 0.717) is 11.8 Å². The van der Waals surface area contributed by atoms with Gasteiger partial charge in [-0.3, -0.25) is 0 Å². The zero-order chi connectivity index (χ0) is 13.8. The van der Waals surface area contributed by atoms with Crippen LogP contribution in [0.1, 0.15) is 17.8 Å². The van der Waals surface area contributed by atoms with Gasteiger partial charge >= 0.3 is 0 Å². The van der Waals surface area contributed by atoms with Crippen molar-refractivity contribution in [3.8, 4) is 0 Å². The molecule has 0 atom stereocenters. The Morgan fingerprint density at radius 2 is 2.20 bits per heavy atom. The van der Waals surface area contributed by atoms with Crippen LogP contribution in [-0.2, 0) is 13.0 Å². The molecular formula is C15H16ClN3O. The molecule has 2 heterocycles. The molecule has 20 heavy (non-hydrogen) atoms. The summed E-state index contributed by atoms with van der Waals surface area (Å²) in [5, 5.41) is 4.95. The van der Waals surface area contributed by atoms with Gasteiger partial charge in [-0.15, -0.1) is 0 Å². The maximum Gasteiger partial charge on any atom is 0.199 e. The molecule has 2 N–H and O–H groups in total. The van der Waals surface area contributed by atoms with Gasteiger partial charge in [-0.25, -0.2) is 4.98 Å². The van der Waals surface area contributed by atoms with E-state index >= 15 is 0 Å². The highest BCUT2D eigenvalue weighted by molar-refractivity contribution is 6.30. The molecule has 0 bridgehead atoms. The molecule has 0 unspecified atom stereocenters. The molecule has 3 aromatic rings. The van der Waals surface area contributed by atoms with Crippen molar-refractivity contribution in [3.63, 3.8) is 0 Å². The van der Waals surface area contributed by atoms with Crippen LogP contribution >= 0.6 is 11.6 Å². The van der Waals surface area contributed by atoms with Crippen molar-refractivity contribution in [1.29, 1.82) is 0 Å². The van der Waals surface area contributed by atoms with Crippen LogP contribution in [0.15, 0.2) is 41.1 Å². The van der Waals surface area contributed by atoms with Crippen molar-refractivity contribution >= 4 is 22.6 Å². The third-order valence-electron chi connectivity index (χ3n) is 3.27. The van der Waals surface area contributed by atoms with E-state index in [2.05, 4.69) is 15.3 Å². The average molecular weight is 290 g/mol. The minimum absolute atomic E-state index is 0.477. The van der Waals surface area contributed by atoms with E-state index in [1.807, 2.05) is 30.5 Å². The molecule has 0 saturated heterocycles. The largest absolute Gasteiger partial charge is 0.444 e. The Morgan fingerprint density at radius 1 is 1.30 bits per heavy atom. The van der Waals surface area contributed by atoms with Gasteiger partial charge in [-0.1, -0.05) is 18.2 Å². The monoisotopic (exact) mass is 289 g/mol. The van der Waals surface area contributed by atoms with Crippen LogP contribution in [0.5, 0.6) is 0 Å². The van der Waals surface area contributed by atoms with E-state index in [-0.39, 0.29) is 0 Å². The van der Waals surface area contributed by atoms with Gasteiger partial charge in [0.05, 0.1) is 0 Å². The molecule has 0 aliphatic carbocycles. The molecule has 3 rings (SSSR count). The number of aromatic nitrogens is 2. The predicted octanol–water partition coefficient (Wildman–Crippen LogP) is 3.53. The second-order valence-electron chi connectivity index (χ2n) is 4.67. The Labute approximate surface area is 122 Å². The van der Waals surface area contributed by atoms with Crippen molar-refractivity contribution in [2.24, 2.45) is 0 Å². The number of halogens is 1. The lowest BCUT2D eigenvalue weighted by Gasteiger charge is -2.03. The average Bonchev–Trinajstić information content (AvgIpc) is 3.06. The Bertz CT molecular complexity index is 676. The summed E-state index contributed by atoms with van der Waals surface area (Å²) in [6.07, 6.45) is 5.60. The number of hydrogen-bond acceptors (Lipinski definition) is 3. The SMILES string of the molecule is Clc1oc2ccccc2c1CNCCCc1ncc[nH]1. The van der Waals surface area contributed by atoms with E-state index in [1.54, 1.807) is 6.20 Å². The number of furan rings is 1. The third-order valence-corrected chi connectivity index (χ3v) is 3.58. The number of hydrogen-bond donors (Lipinski definition) is 2. The number of nitrogens with zero attached hydrogens (tertiary/aromatic N) is 1. The number of para-hydroxylation sites is 1. The summed E-state index contributed by atoms with van der Waals surface area (Å²) in [4.78, 5) is 7.30. The van der Waals surface area contributed by atoms with E-state index in [4.69, 9.17) is 16.0 Å². The lowest BCUT2D eigenvalue weighted by Crippen LogP contribution is -2.15. The number of rotatable bonds is 6. The Hall–Kier alpha value is -1.78. The van der Waals surface area contributed by atoms with Gasteiger partial charge in [0.25, 0.3) is 0 Å². The van der Waals surface area contributed by atoms with Gasteiger partial charge in [0.15, 0.2) is 5.22 Å². The topological polar surface area (TPSA) is 53.9 Å². The summed E-state index contributed by atoms with van der Waals surface area (Å²) in [6.45, 7) is 1.63. The molecule has 0 saturated carbocycles. The van der Waals surface area contributed by atoms with Crippen LogP contribution in [0.2, 0.25) is 5.22 Å². The van der Waals surface area contributed by atoms with Crippen molar-refractivity contribution in [3.05, 3.63) is 53.3 Å². The first kappa shape index (κ1) is 13.2. The number of aryl methyl sites for hydroxylation is 1. The molecular weight excluding hydrogens is 274 g/mol. The minimum atomic E-state index is 0.477. The van der Waals surface area contributed by atoms with Gasteiger partial charge in [-0.2, -0.15) is 0 Å². The number of imidazole rings is 1. The third kappa shape index (κ3) is 2.86. The molecule has 1 aromatic carbocycles. The van der Waals surface area contributed by atoms with Gasteiger partial charge < -0.3 is 14.7 Å². The summed E-state index contributed by atoms with van der Waals surface area (Å²) in [5.74, 6) is 1.03. The van der Waals surface area contributed by atoms with Crippen LogP contribution in [0.4, 0.5) is 0 Å². The first-order chi connectivity index (χ1) is 9.84. The number of nitrogens with one attached hydrogen (secondary N) is 2. The van der Waals surface area contributed by atoms with Crippen LogP contribution in [0, 0.1) is 0 Å². The number of fused-ring (bicyclic) bond motifs is 1. The van der Waals surface area contributed by atoms with Gasteiger partial charge in [0.1, 0.15) is 11.4 Å². The molecule has 0 spiro atoms. The highest BCUT2D eigenvalue weighted by atomic mass is 35.5. The van der Waals surface area contributed by atoms with Crippen molar-refractivity contribution in [2.45, 2.75) is 19.4 Å². The van der Waals surface area contributed by atoms with Gasteiger partial charge in [0.2, 0.25) is 0 Å². The van der Waals surface area contributed by atoms with Gasteiger partial charge in [0, 0.05) is 36.3 Å². The van der Waals surface area contributed by atoms with Gasteiger partial charge in [-0.05, 0) is 30.6 Å². The lowest BCUT2D eigenvalue weighted by atomic mass is 10.2. The minimum Gasteiger partial charge on any atom is -0.444 e. The second kappa shape index (κ2) is 6.11. The summed E-state index contributed by atoms with van der Waals surface area (Å²) in [6, 6.07) is 7.91. The first-order valence-electron chi connectivity index (χ1n) is 6.69. The second-order valence-corrected chi connectivity index (χ2v) is 5.01.